The smallest absolute Gasteiger partial charge is 0.211 e. The Hall–Kier alpha value is -0.580. The maximum absolute atomic E-state index is 12.3. The summed E-state index contributed by atoms with van der Waals surface area (Å²) in [5.74, 6) is 0.456. The van der Waals surface area contributed by atoms with Crippen molar-refractivity contribution in [2.75, 3.05) is 12.4 Å². The molecular formula is C16H26ClNO2S. The van der Waals surface area contributed by atoms with Crippen molar-refractivity contribution in [2.45, 2.75) is 51.3 Å². The molecule has 1 N–H and O–H groups in total. The van der Waals surface area contributed by atoms with Gasteiger partial charge in [0.05, 0.1) is 4.90 Å². The molecule has 1 rings (SSSR count). The van der Waals surface area contributed by atoms with Crippen molar-refractivity contribution < 1.29 is 8.42 Å². The van der Waals surface area contributed by atoms with Crippen LogP contribution in [0.1, 0.15) is 45.6 Å². The van der Waals surface area contributed by atoms with Gasteiger partial charge in [-0.25, -0.2) is 13.1 Å². The summed E-state index contributed by atoms with van der Waals surface area (Å²) in [7, 11) is -3.46. The van der Waals surface area contributed by atoms with Gasteiger partial charge in [-0.1, -0.05) is 39.3 Å². The number of sulfonamides is 1. The van der Waals surface area contributed by atoms with E-state index < -0.39 is 10.0 Å². The van der Waals surface area contributed by atoms with Crippen LogP contribution in [-0.4, -0.2) is 20.8 Å². The molecule has 1 aromatic rings. The average Bonchev–Trinajstić information content (AvgIpc) is 2.50. The van der Waals surface area contributed by atoms with E-state index in [9.17, 15) is 8.42 Å². The fourth-order valence-corrected chi connectivity index (χ4v) is 3.82. The van der Waals surface area contributed by atoms with E-state index in [-0.39, 0.29) is 5.41 Å². The zero-order valence-corrected chi connectivity index (χ0v) is 14.7. The van der Waals surface area contributed by atoms with E-state index in [0.29, 0.717) is 17.3 Å². The number of rotatable bonds is 9. The first-order valence-electron chi connectivity index (χ1n) is 7.57. The third-order valence-corrected chi connectivity index (χ3v) is 6.18. The summed E-state index contributed by atoms with van der Waals surface area (Å²) in [6.07, 6.45) is 3.72. The first-order valence-corrected chi connectivity index (χ1v) is 9.59. The summed E-state index contributed by atoms with van der Waals surface area (Å²) in [6.45, 7) is 6.56. The molecule has 0 spiro atoms. The molecule has 21 heavy (non-hydrogen) atoms. The molecule has 0 atom stereocenters. The van der Waals surface area contributed by atoms with Gasteiger partial charge in [0, 0.05) is 12.4 Å². The van der Waals surface area contributed by atoms with Gasteiger partial charge in [0.1, 0.15) is 0 Å². The highest BCUT2D eigenvalue weighted by Gasteiger charge is 2.27. The zero-order chi connectivity index (χ0) is 15.9. The summed E-state index contributed by atoms with van der Waals surface area (Å²) in [4.78, 5) is 0.318. The summed E-state index contributed by atoms with van der Waals surface area (Å²) in [5.41, 5.74) is 0.991. The van der Waals surface area contributed by atoms with Crippen molar-refractivity contribution in [1.29, 1.82) is 0 Å². The van der Waals surface area contributed by atoms with E-state index in [2.05, 4.69) is 11.6 Å². The lowest BCUT2D eigenvalue weighted by Gasteiger charge is -2.29. The number of nitrogens with one attached hydrogen (secondary N) is 1. The Labute approximate surface area is 134 Å². The molecule has 0 radical (unpaired) electrons. The minimum atomic E-state index is -3.46. The van der Waals surface area contributed by atoms with Gasteiger partial charge in [-0.3, -0.25) is 0 Å². The molecule has 0 unspecified atom stereocenters. The van der Waals surface area contributed by atoms with Crippen molar-refractivity contribution in [3.05, 3.63) is 29.8 Å². The molecular weight excluding hydrogens is 306 g/mol. The lowest BCUT2D eigenvalue weighted by molar-refractivity contribution is 0.304. The highest BCUT2D eigenvalue weighted by atomic mass is 35.5. The number of hydrogen-bond acceptors (Lipinski definition) is 2. The molecule has 0 aromatic heterocycles. The molecule has 0 bridgehead atoms. The van der Waals surface area contributed by atoms with Crippen LogP contribution in [0, 0.1) is 5.41 Å². The van der Waals surface area contributed by atoms with Crippen LogP contribution in [0.5, 0.6) is 0 Å². The summed E-state index contributed by atoms with van der Waals surface area (Å²) in [5, 5.41) is 0. The number of hydrogen-bond donors (Lipinski definition) is 1. The van der Waals surface area contributed by atoms with E-state index in [1.54, 1.807) is 12.1 Å². The molecule has 120 valence electrons. The first-order chi connectivity index (χ1) is 9.93. The van der Waals surface area contributed by atoms with Crippen LogP contribution in [0.3, 0.4) is 0 Å². The van der Waals surface area contributed by atoms with Crippen LogP contribution >= 0.6 is 11.6 Å². The molecule has 0 amide bonds. The maximum Gasteiger partial charge on any atom is 0.240 e. The van der Waals surface area contributed by atoms with Gasteiger partial charge in [0.25, 0.3) is 0 Å². The Kier molecular flexibility index (Phi) is 7.17. The van der Waals surface area contributed by atoms with E-state index in [4.69, 9.17) is 11.6 Å². The first kappa shape index (κ1) is 18.5. The topological polar surface area (TPSA) is 46.2 Å². The molecule has 0 fully saturated rings. The Bertz CT molecular complexity index is 513. The van der Waals surface area contributed by atoms with E-state index in [1.165, 1.54) is 0 Å². The second-order valence-electron chi connectivity index (χ2n) is 5.56. The lowest BCUT2D eigenvalue weighted by atomic mass is 9.85. The minimum Gasteiger partial charge on any atom is -0.211 e. The largest absolute Gasteiger partial charge is 0.240 e. The molecule has 0 saturated carbocycles. The van der Waals surface area contributed by atoms with Crippen LogP contribution in [0.25, 0.3) is 0 Å². The predicted octanol–water partition coefficient (Wildman–Crippen LogP) is 3.96. The monoisotopic (exact) mass is 331 g/mol. The normalized spacial score (nSPS) is 12.6. The molecule has 0 saturated heterocycles. The second-order valence-corrected chi connectivity index (χ2v) is 7.59. The third-order valence-electron chi connectivity index (χ3n) is 4.19. The van der Waals surface area contributed by atoms with Gasteiger partial charge < -0.3 is 0 Å². The van der Waals surface area contributed by atoms with Crippen LogP contribution in [0.15, 0.2) is 29.2 Å². The average molecular weight is 332 g/mol. The van der Waals surface area contributed by atoms with Gasteiger partial charge in [-0.05, 0) is 42.4 Å². The minimum absolute atomic E-state index is 0.170. The van der Waals surface area contributed by atoms with E-state index in [1.807, 2.05) is 26.0 Å². The van der Waals surface area contributed by atoms with Gasteiger partial charge in [-0.15, -0.1) is 11.6 Å². The number of benzene rings is 1. The fraction of sp³-hybridized carbons (Fsp3) is 0.625. The van der Waals surface area contributed by atoms with Crippen LogP contribution in [0.4, 0.5) is 0 Å². The molecule has 0 heterocycles. The Morgan fingerprint density at radius 3 is 2.10 bits per heavy atom. The van der Waals surface area contributed by atoms with Gasteiger partial charge in [0.15, 0.2) is 0 Å². The van der Waals surface area contributed by atoms with Gasteiger partial charge in [0.2, 0.25) is 10.0 Å². The second kappa shape index (κ2) is 8.16. The van der Waals surface area contributed by atoms with Crippen LogP contribution in [-0.2, 0) is 16.4 Å². The molecule has 0 aliphatic heterocycles. The fourth-order valence-electron chi connectivity index (χ4n) is 2.19. The van der Waals surface area contributed by atoms with Gasteiger partial charge in [-0.2, -0.15) is 0 Å². The standard InChI is InChI=1S/C16H26ClNO2S/c1-4-7-14-8-10-15(11-9-14)21(19,20)18-13-16(5-2,6-3)12-17/h8-11,18H,4-7,12-13H2,1-3H3. The van der Waals surface area contributed by atoms with E-state index in [0.717, 1.165) is 31.2 Å². The van der Waals surface area contributed by atoms with Crippen LogP contribution < -0.4 is 4.72 Å². The number of aryl methyl sites for hydroxylation is 1. The van der Waals surface area contributed by atoms with Crippen molar-refractivity contribution in [3.8, 4) is 0 Å². The van der Waals surface area contributed by atoms with E-state index >= 15 is 0 Å². The van der Waals surface area contributed by atoms with Gasteiger partial charge >= 0.3 is 0 Å². The summed E-state index contributed by atoms with van der Waals surface area (Å²) >= 11 is 6.02. The molecule has 1 aromatic carbocycles. The highest BCUT2D eigenvalue weighted by molar-refractivity contribution is 7.89. The maximum atomic E-state index is 12.3. The Balaban J connectivity index is 2.81. The van der Waals surface area contributed by atoms with Crippen molar-refractivity contribution >= 4 is 21.6 Å². The molecule has 0 aliphatic rings. The quantitative estimate of drug-likeness (QED) is 0.696. The third kappa shape index (κ3) is 4.97. The molecule has 5 heteroatoms. The number of halogens is 1. The predicted molar refractivity (Wildman–Crippen MR) is 89.4 cm³/mol. The zero-order valence-electron chi connectivity index (χ0n) is 13.2. The lowest BCUT2D eigenvalue weighted by Crippen LogP contribution is -2.38. The molecule has 3 nitrogen and oxygen atoms in total. The highest BCUT2D eigenvalue weighted by Crippen LogP contribution is 2.27. The summed E-state index contributed by atoms with van der Waals surface area (Å²) in [6, 6.07) is 7.11. The Morgan fingerprint density at radius 1 is 1.10 bits per heavy atom. The molecule has 0 aliphatic carbocycles. The van der Waals surface area contributed by atoms with Crippen molar-refractivity contribution in [3.63, 3.8) is 0 Å². The number of alkyl halides is 1. The Morgan fingerprint density at radius 2 is 1.67 bits per heavy atom. The van der Waals surface area contributed by atoms with Crippen molar-refractivity contribution in [2.24, 2.45) is 5.41 Å². The van der Waals surface area contributed by atoms with Crippen LogP contribution in [0.2, 0.25) is 0 Å². The van der Waals surface area contributed by atoms with Crippen molar-refractivity contribution in [1.82, 2.24) is 4.72 Å². The summed E-state index contributed by atoms with van der Waals surface area (Å²) < 4.78 is 27.4. The SMILES string of the molecule is CCCc1ccc(S(=O)(=O)NCC(CC)(CC)CCl)cc1.